The molecule has 1 aromatic carbocycles. The lowest BCUT2D eigenvalue weighted by atomic mass is 10.1. The Hall–Kier alpha value is -1.22. The molecule has 2 rings (SSSR count). The molecular formula is C13H20N2O. The summed E-state index contributed by atoms with van der Waals surface area (Å²) in [4.78, 5) is 2.47. The van der Waals surface area contributed by atoms with Crippen molar-refractivity contribution in [3.63, 3.8) is 0 Å². The summed E-state index contributed by atoms with van der Waals surface area (Å²) in [5.74, 6) is 0.180. The van der Waals surface area contributed by atoms with Gasteiger partial charge in [-0.15, -0.1) is 0 Å². The maximum absolute atomic E-state index is 9.36. The Labute approximate surface area is 96.9 Å². The number of likely N-dealkylation sites (tertiary alicyclic amines) is 1. The summed E-state index contributed by atoms with van der Waals surface area (Å²) in [6, 6.07) is 5.51. The van der Waals surface area contributed by atoms with E-state index in [2.05, 4.69) is 4.90 Å². The Morgan fingerprint density at radius 2 is 1.81 bits per heavy atom. The average molecular weight is 220 g/mol. The van der Waals surface area contributed by atoms with E-state index in [1.54, 1.807) is 6.07 Å². The molecule has 0 radical (unpaired) electrons. The molecule has 1 saturated heterocycles. The zero-order chi connectivity index (χ0) is 11.4. The van der Waals surface area contributed by atoms with Crippen molar-refractivity contribution >= 4 is 5.69 Å². The van der Waals surface area contributed by atoms with E-state index in [0.29, 0.717) is 5.69 Å². The van der Waals surface area contributed by atoms with E-state index in [1.807, 2.05) is 12.1 Å². The zero-order valence-corrected chi connectivity index (χ0v) is 9.65. The number of rotatable bonds is 2. The number of nitrogens with zero attached hydrogens (tertiary/aromatic N) is 1. The average Bonchev–Trinajstić information content (AvgIpc) is 2.52. The summed E-state index contributed by atoms with van der Waals surface area (Å²) in [6.07, 6.45) is 5.31. The number of hydrogen-bond donors (Lipinski definition) is 2. The van der Waals surface area contributed by atoms with E-state index < -0.39 is 0 Å². The second-order valence-electron chi connectivity index (χ2n) is 4.58. The molecule has 1 heterocycles. The molecule has 1 aromatic rings. The van der Waals surface area contributed by atoms with Gasteiger partial charge < -0.3 is 10.8 Å². The summed E-state index contributed by atoms with van der Waals surface area (Å²) in [5.41, 5.74) is 7.36. The number of aromatic hydroxyl groups is 1. The minimum atomic E-state index is 0.180. The van der Waals surface area contributed by atoms with E-state index in [9.17, 15) is 5.11 Å². The Balaban J connectivity index is 1.99. The van der Waals surface area contributed by atoms with Crippen LogP contribution in [0.1, 0.15) is 31.2 Å². The highest BCUT2D eigenvalue weighted by molar-refractivity contribution is 5.53. The molecule has 0 bridgehead atoms. The topological polar surface area (TPSA) is 49.5 Å². The van der Waals surface area contributed by atoms with Crippen LogP contribution in [0.2, 0.25) is 0 Å². The van der Waals surface area contributed by atoms with Crippen LogP contribution >= 0.6 is 0 Å². The standard InChI is InChI=1S/C13H20N2O/c14-12-9-11(5-6-13(12)16)10-15-7-3-1-2-4-8-15/h5-6,9,16H,1-4,7-8,10,14H2. The number of phenols is 1. The number of phenolic OH excluding ortho intramolecular Hbond substituents is 1. The first kappa shape index (κ1) is 11.3. The van der Waals surface area contributed by atoms with Crippen molar-refractivity contribution in [3.8, 4) is 5.75 Å². The number of nitrogens with two attached hydrogens (primary N) is 1. The molecule has 1 aliphatic heterocycles. The van der Waals surface area contributed by atoms with Gasteiger partial charge in [0.2, 0.25) is 0 Å². The van der Waals surface area contributed by atoms with Crippen LogP contribution in [-0.2, 0) is 6.54 Å². The van der Waals surface area contributed by atoms with Crippen LogP contribution in [0.4, 0.5) is 5.69 Å². The lowest BCUT2D eigenvalue weighted by Crippen LogP contribution is -2.23. The summed E-state index contributed by atoms with van der Waals surface area (Å²) in [5, 5.41) is 9.36. The maximum Gasteiger partial charge on any atom is 0.138 e. The predicted octanol–water partition coefficient (Wildman–Crippen LogP) is 2.35. The van der Waals surface area contributed by atoms with Gasteiger partial charge in [0.15, 0.2) is 0 Å². The molecule has 88 valence electrons. The minimum absolute atomic E-state index is 0.180. The van der Waals surface area contributed by atoms with Crippen molar-refractivity contribution < 1.29 is 5.11 Å². The van der Waals surface area contributed by atoms with Gasteiger partial charge in [-0.25, -0.2) is 0 Å². The highest BCUT2D eigenvalue weighted by Crippen LogP contribution is 2.22. The first-order chi connectivity index (χ1) is 7.75. The molecule has 3 heteroatoms. The molecule has 0 atom stereocenters. The Morgan fingerprint density at radius 3 is 2.44 bits per heavy atom. The molecule has 3 N–H and O–H groups in total. The Bertz CT molecular complexity index is 344. The lowest BCUT2D eigenvalue weighted by molar-refractivity contribution is 0.277. The van der Waals surface area contributed by atoms with Gasteiger partial charge in [-0.3, -0.25) is 4.90 Å². The molecule has 0 saturated carbocycles. The Morgan fingerprint density at radius 1 is 1.12 bits per heavy atom. The van der Waals surface area contributed by atoms with E-state index in [4.69, 9.17) is 5.73 Å². The smallest absolute Gasteiger partial charge is 0.138 e. The molecule has 1 aliphatic rings. The molecule has 0 amide bonds. The molecule has 0 aromatic heterocycles. The van der Waals surface area contributed by atoms with Crippen LogP contribution in [0.15, 0.2) is 18.2 Å². The Kier molecular flexibility index (Phi) is 3.67. The lowest BCUT2D eigenvalue weighted by Gasteiger charge is -2.19. The van der Waals surface area contributed by atoms with Crippen LogP contribution in [0.3, 0.4) is 0 Å². The van der Waals surface area contributed by atoms with Gasteiger partial charge in [0, 0.05) is 6.54 Å². The SMILES string of the molecule is Nc1cc(CN2CCCCCC2)ccc1O. The van der Waals surface area contributed by atoms with E-state index >= 15 is 0 Å². The molecule has 16 heavy (non-hydrogen) atoms. The normalized spacial score (nSPS) is 18.2. The molecule has 0 spiro atoms. The molecular weight excluding hydrogens is 200 g/mol. The second kappa shape index (κ2) is 5.21. The number of benzene rings is 1. The summed E-state index contributed by atoms with van der Waals surface area (Å²) >= 11 is 0. The van der Waals surface area contributed by atoms with Gasteiger partial charge in [0.25, 0.3) is 0 Å². The second-order valence-corrected chi connectivity index (χ2v) is 4.58. The molecule has 1 fully saturated rings. The third-order valence-corrected chi connectivity index (χ3v) is 3.20. The first-order valence-corrected chi connectivity index (χ1v) is 6.05. The summed E-state index contributed by atoms with van der Waals surface area (Å²) in [7, 11) is 0. The van der Waals surface area contributed by atoms with Crippen LogP contribution in [0.5, 0.6) is 5.75 Å². The fraction of sp³-hybridized carbons (Fsp3) is 0.538. The van der Waals surface area contributed by atoms with Crippen molar-refractivity contribution in [2.45, 2.75) is 32.2 Å². The number of anilines is 1. The van der Waals surface area contributed by atoms with Crippen molar-refractivity contribution in [2.24, 2.45) is 0 Å². The minimum Gasteiger partial charge on any atom is -0.506 e. The van der Waals surface area contributed by atoms with Gasteiger partial charge in [0.05, 0.1) is 5.69 Å². The third-order valence-electron chi connectivity index (χ3n) is 3.20. The summed E-state index contributed by atoms with van der Waals surface area (Å²) in [6.45, 7) is 3.31. The molecule has 0 aliphatic carbocycles. The van der Waals surface area contributed by atoms with Gasteiger partial charge >= 0.3 is 0 Å². The van der Waals surface area contributed by atoms with E-state index in [0.717, 1.165) is 6.54 Å². The molecule has 3 nitrogen and oxygen atoms in total. The van der Waals surface area contributed by atoms with Crippen molar-refractivity contribution in [1.29, 1.82) is 0 Å². The van der Waals surface area contributed by atoms with E-state index in [1.165, 1.54) is 44.3 Å². The first-order valence-electron chi connectivity index (χ1n) is 6.05. The van der Waals surface area contributed by atoms with Crippen LogP contribution in [-0.4, -0.2) is 23.1 Å². The zero-order valence-electron chi connectivity index (χ0n) is 9.65. The predicted molar refractivity (Wildman–Crippen MR) is 66.3 cm³/mol. The highest BCUT2D eigenvalue weighted by atomic mass is 16.3. The fourth-order valence-electron chi connectivity index (χ4n) is 2.25. The third kappa shape index (κ3) is 2.89. The van der Waals surface area contributed by atoms with E-state index in [-0.39, 0.29) is 5.75 Å². The number of nitrogen functional groups attached to an aromatic ring is 1. The number of hydrogen-bond acceptors (Lipinski definition) is 3. The fourth-order valence-corrected chi connectivity index (χ4v) is 2.25. The van der Waals surface area contributed by atoms with Crippen LogP contribution in [0, 0.1) is 0 Å². The van der Waals surface area contributed by atoms with Crippen molar-refractivity contribution in [2.75, 3.05) is 18.8 Å². The maximum atomic E-state index is 9.36. The largest absolute Gasteiger partial charge is 0.506 e. The summed E-state index contributed by atoms with van der Waals surface area (Å²) < 4.78 is 0. The quantitative estimate of drug-likeness (QED) is 0.594. The van der Waals surface area contributed by atoms with Gasteiger partial charge in [-0.05, 0) is 43.6 Å². The monoisotopic (exact) mass is 220 g/mol. The van der Waals surface area contributed by atoms with Crippen molar-refractivity contribution in [1.82, 2.24) is 4.90 Å². The van der Waals surface area contributed by atoms with Gasteiger partial charge in [0.1, 0.15) is 5.75 Å². The van der Waals surface area contributed by atoms with Crippen molar-refractivity contribution in [3.05, 3.63) is 23.8 Å². The molecule has 0 unspecified atom stereocenters. The van der Waals surface area contributed by atoms with Crippen LogP contribution in [0.25, 0.3) is 0 Å². The highest BCUT2D eigenvalue weighted by Gasteiger charge is 2.09. The van der Waals surface area contributed by atoms with Gasteiger partial charge in [-0.2, -0.15) is 0 Å². The van der Waals surface area contributed by atoms with Crippen LogP contribution < -0.4 is 5.73 Å². The van der Waals surface area contributed by atoms with Gasteiger partial charge in [-0.1, -0.05) is 18.9 Å².